The van der Waals surface area contributed by atoms with Crippen LogP contribution in [0.4, 0.5) is 5.13 Å². The summed E-state index contributed by atoms with van der Waals surface area (Å²) >= 11 is 14.8. The largest absolute Gasteiger partial charge is 0.466 e. The van der Waals surface area contributed by atoms with Crippen LogP contribution in [-0.4, -0.2) is 44.0 Å². The molecule has 0 atom stereocenters. The predicted molar refractivity (Wildman–Crippen MR) is 123 cm³/mol. The van der Waals surface area contributed by atoms with Crippen molar-refractivity contribution in [2.75, 3.05) is 17.7 Å². The zero-order valence-electron chi connectivity index (χ0n) is 16.7. The number of ether oxygens (including phenoxy) is 1. The van der Waals surface area contributed by atoms with Gasteiger partial charge in [0.1, 0.15) is 0 Å². The van der Waals surface area contributed by atoms with E-state index in [2.05, 4.69) is 20.5 Å². The van der Waals surface area contributed by atoms with Crippen molar-refractivity contribution in [1.82, 2.24) is 19.7 Å². The number of hydrogen-bond acceptors (Lipinski definition) is 8. The van der Waals surface area contributed by atoms with Crippen LogP contribution in [0.25, 0.3) is 11.4 Å². The van der Waals surface area contributed by atoms with Crippen LogP contribution < -0.4 is 5.32 Å². The van der Waals surface area contributed by atoms with E-state index in [-0.39, 0.29) is 24.1 Å². The number of rotatable bonds is 9. The van der Waals surface area contributed by atoms with Gasteiger partial charge in [-0.25, -0.2) is 4.98 Å². The minimum absolute atomic E-state index is 0.0740. The first-order chi connectivity index (χ1) is 14.9. The third-order valence-electron chi connectivity index (χ3n) is 3.97. The second-order valence-corrected chi connectivity index (χ2v) is 8.78. The Morgan fingerprint density at radius 1 is 1.26 bits per heavy atom. The van der Waals surface area contributed by atoms with E-state index in [9.17, 15) is 9.59 Å². The van der Waals surface area contributed by atoms with Gasteiger partial charge in [0, 0.05) is 22.5 Å². The molecule has 2 aromatic heterocycles. The first-order valence-electron chi connectivity index (χ1n) is 9.32. The van der Waals surface area contributed by atoms with Crippen molar-refractivity contribution in [3.8, 4) is 11.4 Å². The van der Waals surface area contributed by atoms with Gasteiger partial charge in [0.25, 0.3) is 0 Å². The highest BCUT2D eigenvalue weighted by molar-refractivity contribution is 7.99. The van der Waals surface area contributed by atoms with E-state index in [1.165, 1.54) is 23.1 Å². The molecule has 0 saturated carbocycles. The number of nitrogens with one attached hydrogen (secondary N) is 1. The molecule has 0 aliphatic rings. The van der Waals surface area contributed by atoms with Crippen molar-refractivity contribution >= 4 is 63.3 Å². The number of thioether (sulfide) groups is 1. The highest BCUT2D eigenvalue weighted by Crippen LogP contribution is 2.31. The molecule has 1 N–H and O–H groups in total. The number of benzene rings is 1. The summed E-state index contributed by atoms with van der Waals surface area (Å²) in [6.07, 6.45) is 0.0740. The number of carbonyl (C=O) groups is 2. The zero-order chi connectivity index (χ0) is 22.4. The molecule has 12 heteroatoms. The highest BCUT2D eigenvalue weighted by Gasteiger charge is 2.17. The van der Waals surface area contributed by atoms with Gasteiger partial charge in [-0.1, -0.05) is 35.0 Å². The average molecular weight is 500 g/mol. The predicted octanol–water partition coefficient (Wildman–Crippen LogP) is 4.56. The summed E-state index contributed by atoms with van der Waals surface area (Å²) in [5.74, 6) is 0.144. The Bertz CT molecular complexity index is 1090. The molecule has 0 fully saturated rings. The molecule has 31 heavy (non-hydrogen) atoms. The number of halogens is 2. The van der Waals surface area contributed by atoms with E-state index >= 15 is 0 Å². The van der Waals surface area contributed by atoms with Gasteiger partial charge in [-0.2, -0.15) is 0 Å². The Morgan fingerprint density at radius 2 is 2.06 bits per heavy atom. The zero-order valence-corrected chi connectivity index (χ0v) is 19.9. The molecule has 3 aromatic rings. The van der Waals surface area contributed by atoms with Crippen molar-refractivity contribution in [1.29, 1.82) is 0 Å². The summed E-state index contributed by atoms with van der Waals surface area (Å²) < 4.78 is 6.78. The van der Waals surface area contributed by atoms with Gasteiger partial charge in [0.2, 0.25) is 5.91 Å². The summed E-state index contributed by atoms with van der Waals surface area (Å²) in [5.41, 5.74) is 1.27. The van der Waals surface area contributed by atoms with Crippen LogP contribution in [0.1, 0.15) is 19.5 Å². The molecule has 0 spiro atoms. The number of amides is 1. The topological polar surface area (TPSA) is 99.0 Å². The van der Waals surface area contributed by atoms with Crippen LogP contribution in [0, 0.1) is 0 Å². The number of anilines is 1. The normalized spacial score (nSPS) is 10.8. The van der Waals surface area contributed by atoms with Crippen LogP contribution in [-0.2, 0) is 27.3 Å². The fourth-order valence-electron chi connectivity index (χ4n) is 2.64. The number of carbonyl (C=O) groups excluding carboxylic acids is 2. The summed E-state index contributed by atoms with van der Waals surface area (Å²) in [6, 6.07) is 5.18. The quantitative estimate of drug-likeness (QED) is 0.340. The molecule has 0 bridgehead atoms. The standard InChI is InChI=1S/C19H19Cl2N5O3S2/c1-3-26-17(13-6-5-11(20)7-14(13)21)24-25-19(26)31-10-15(27)23-18-22-12(9-30-18)8-16(28)29-4-2/h5-7,9H,3-4,8,10H2,1-2H3,(H,22,23,27). The Balaban J connectivity index is 1.61. The lowest BCUT2D eigenvalue weighted by Crippen LogP contribution is -2.15. The van der Waals surface area contributed by atoms with Crippen LogP contribution in [0.5, 0.6) is 0 Å². The molecule has 3 rings (SSSR count). The maximum atomic E-state index is 12.3. The van der Waals surface area contributed by atoms with Crippen LogP contribution in [0.3, 0.4) is 0 Å². The minimum Gasteiger partial charge on any atom is -0.466 e. The van der Waals surface area contributed by atoms with E-state index in [1.54, 1.807) is 30.5 Å². The fourth-order valence-corrected chi connectivity index (χ4v) is 4.66. The van der Waals surface area contributed by atoms with E-state index in [0.717, 1.165) is 0 Å². The number of esters is 1. The molecule has 0 saturated heterocycles. The molecule has 0 aliphatic heterocycles. The Hall–Kier alpha value is -2.14. The lowest BCUT2D eigenvalue weighted by atomic mass is 10.2. The number of aromatic nitrogens is 4. The molecule has 2 heterocycles. The smallest absolute Gasteiger partial charge is 0.311 e. The monoisotopic (exact) mass is 499 g/mol. The van der Waals surface area contributed by atoms with Crippen LogP contribution in [0.15, 0.2) is 28.7 Å². The average Bonchev–Trinajstić information content (AvgIpc) is 3.33. The maximum absolute atomic E-state index is 12.3. The highest BCUT2D eigenvalue weighted by atomic mass is 35.5. The Morgan fingerprint density at radius 3 is 2.77 bits per heavy atom. The molecule has 1 amide bonds. The molecule has 0 aliphatic carbocycles. The van der Waals surface area contributed by atoms with Gasteiger partial charge in [0.05, 0.1) is 29.5 Å². The summed E-state index contributed by atoms with van der Waals surface area (Å²) in [6.45, 7) is 4.63. The minimum atomic E-state index is -0.350. The molecule has 0 radical (unpaired) electrons. The Kier molecular flexibility index (Phi) is 8.30. The van der Waals surface area contributed by atoms with Crippen molar-refractivity contribution in [2.24, 2.45) is 0 Å². The van der Waals surface area contributed by atoms with E-state index in [0.29, 0.717) is 50.6 Å². The van der Waals surface area contributed by atoms with E-state index < -0.39 is 0 Å². The molecule has 8 nitrogen and oxygen atoms in total. The van der Waals surface area contributed by atoms with E-state index in [4.69, 9.17) is 27.9 Å². The SMILES string of the molecule is CCOC(=O)Cc1csc(NC(=O)CSc2nnc(-c3ccc(Cl)cc3Cl)n2CC)n1. The van der Waals surface area contributed by atoms with Crippen molar-refractivity contribution in [3.05, 3.63) is 39.3 Å². The first-order valence-corrected chi connectivity index (χ1v) is 11.9. The molecular formula is C19H19Cl2N5O3S2. The second-order valence-electron chi connectivity index (χ2n) is 6.14. The van der Waals surface area contributed by atoms with Crippen molar-refractivity contribution < 1.29 is 14.3 Å². The molecular weight excluding hydrogens is 481 g/mol. The third kappa shape index (κ3) is 6.19. The van der Waals surface area contributed by atoms with Crippen LogP contribution >= 0.6 is 46.3 Å². The Labute approximate surface area is 197 Å². The number of nitrogens with zero attached hydrogens (tertiary/aromatic N) is 4. The van der Waals surface area contributed by atoms with Gasteiger partial charge >= 0.3 is 5.97 Å². The van der Waals surface area contributed by atoms with E-state index in [1.807, 2.05) is 11.5 Å². The molecule has 0 unspecified atom stereocenters. The second kappa shape index (κ2) is 10.9. The fraction of sp³-hybridized carbons (Fsp3) is 0.316. The van der Waals surface area contributed by atoms with Crippen molar-refractivity contribution in [3.63, 3.8) is 0 Å². The molecule has 1 aromatic carbocycles. The lowest BCUT2D eigenvalue weighted by molar-refractivity contribution is -0.142. The van der Waals surface area contributed by atoms with Crippen molar-refractivity contribution in [2.45, 2.75) is 32.0 Å². The summed E-state index contributed by atoms with van der Waals surface area (Å²) in [4.78, 5) is 28.1. The first kappa shape index (κ1) is 23.5. The van der Waals surface area contributed by atoms with Gasteiger partial charge in [-0.15, -0.1) is 21.5 Å². The van der Waals surface area contributed by atoms with Gasteiger partial charge < -0.3 is 14.6 Å². The van der Waals surface area contributed by atoms with Gasteiger partial charge in [-0.3, -0.25) is 9.59 Å². The van der Waals surface area contributed by atoms with Crippen LogP contribution in [0.2, 0.25) is 10.0 Å². The summed E-state index contributed by atoms with van der Waals surface area (Å²) in [7, 11) is 0. The van der Waals surface area contributed by atoms with Gasteiger partial charge in [0.15, 0.2) is 16.1 Å². The maximum Gasteiger partial charge on any atom is 0.311 e. The number of thiazole rings is 1. The number of hydrogen-bond donors (Lipinski definition) is 1. The lowest BCUT2D eigenvalue weighted by Gasteiger charge is -2.08. The third-order valence-corrected chi connectivity index (χ3v) is 6.29. The molecule has 164 valence electrons. The summed E-state index contributed by atoms with van der Waals surface area (Å²) in [5, 5.41) is 14.9. The van der Waals surface area contributed by atoms with Gasteiger partial charge in [-0.05, 0) is 32.0 Å².